The lowest BCUT2D eigenvalue weighted by Crippen LogP contribution is -2.24. The van der Waals surface area contributed by atoms with Crippen LogP contribution in [0, 0.1) is 0 Å². The van der Waals surface area contributed by atoms with E-state index in [4.69, 9.17) is 10.1 Å². The largest absolute Gasteiger partial charge is 0.478 e. The van der Waals surface area contributed by atoms with Crippen LogP contribution in [0.4, 0.5) is 0 Å². The molecule has 0 bridgehead atoms. The number of unbranched alkanes of at least 4 members (excludes halogenated alkanes) is 1. The summed E-state index contributed by atoms with van der Waals surface area (Å²) in [4.78, 5) is 31.7. The molecule has 0 radical (unpaired) electrons. The van der Waals surface area contributed by atoms with Crippen molar-refractivity contribution in [2.45, 2.75) is 33.1 Å². The monoisotopic (exact) mass is 449 g/mol. The van der Waals surface area contributed by atoms with Gasteiger partial charge in [0.1, 0.15) is 0 Å². The van der Waals surface area contributed by atoms with Gasteiger partial charge in [-0.3, -0.25) is 9.20 Å². The number of ketones is 1. The Hall–Kier alpha value is -3.03. The van der Waals surface area contributed by atoms with E-state index in [1.807, 2.05) is 28.8 Å². The number of thiazole rings is 1. The third kappa shape index (κ3) is 4.59. The quantitative estimate of drug-likeness (QED) is 0.252. The molecule has 0 fully saturated rings. The van der Waals surface area contributed by atoms with Crippen LogP contribution < -0.4 is 0 Å². The first-order valence-corrected chi connectivity index (χ1v) is 11.8. The van der Waals surface area contributed by atoms with E-state index >= 15 is 0 Å². The minimum absolute atomic E-state index is 0.191. The molecule has 0 aliphatic carbocycles. The van der Waals surface area contributed by atoms with Crippen LogP contribution in [-0.2, 0) is 0 Å². The average Bonchev–Trinajstić information content (AvgIpc) is 3.36. The molecule has 0 amide bonds. The molecule has 4 rings (SSSR count). The standard InChI is InChI=1S/C25H27N3O3S/c1-3-27(4-2)14-6-5-7-22(29)19-12-13-21-23(15-19)32-25-26-20(16-28(21)25)17-8-10-18(11-9-17)24(30)31/h8-13,15-16H,3-7,14H2,1-2H3,(H,30,31). The number of nitrogens with zero attached hydrogens (tertiary/aromatic N) is 3. The van der Waals surface area contributed by atoms with E-state index in [1.165, 1.54) is 0 Å². The van der Waals surface area contributed by atoms with Crippen molar-refractivity contribution in [1.29, 1.82) is 0 Å². The highest BCUT2D eigenvalue weighted by Crippen LogP contribution is 2.30. The molecular formula is C25H27N3O3S. The first kappa shape index (κ1) is 22.2. The van der Waals surface area contributed by atoms with Crippen molar-refractivity contribution in [2.75, 3.05) is 19.6 Å². The highest BCUT2D eigenvalue weighted by Gasteiger charge is 2.14. The van der Waals surface area contributed by atoms with Gasteiger partial charge in [0.25, 0.3) is 0 Å². The van der Waals surface area contributed by atoms with E-state index in [9.17, 15) is 9.59 Å². The number of rotatable bonds is 10. The van der Waals surface area contributed by atoms with Crippen LogP contribution in [0.1, 0.15) is 53.8 Å². The van der Waals surface area contributed by atoms with E-state index in [0.717, 1.165) is 64.5 Å². The fraction of sp³-hybridized carbons (Fsp3) is 0.320. The summed E-state index contributed by atoms with van der Waals surface area (Å²) in [7, 11) is 0. The molecule has 2 aromatic heterocycles. The highest BCUT2D eigenvalue weighted by atomic mass is 32.1. The van der Waals surface area contributed by atoms with Gasteiger partial charge in [0.05, 0.1) is 21.5 Å². The lowest BCUT2D eigenvalue weighted by Gasteiger charge is -2.17. The van der Waals surface area contributed by atoms with Crippen molar-refractivity contribution < 1.29 is 14.7 Å². The molecule has 0 unspecified atom stereocenters. The van der Waals surface area contributed by atoms with Gasteiger partial charge in [-0.15, -0.1) is 0 Å². The normalized spacial score (nSPS) is 11.6. The van der Waals surface area contributed by atoms with E-state index in [1.54, 1.807) is 35.6 Å². The number of hydrogen-bond acceptors (Lipinski definition) is 5. The Morgan fingerprint density at radius 3 is 2.44 bits per heavy atom. The minimum atomic E-state index is -0.942. The Balaban J connectivity index is 1.48. The fourth-order valence-electron chi connectivity index (χ4n) is 3.90. The van der Waals surface area contributed by atoms with Gasteiger partial charge in [0.15, 0.2) is 10.7 Å². The number of aromatic nitrogens is 2. The van der Waals surface area contributed by atoms with Crippen molar-refractivity contribution in [3.8, 4) is 11.3 Å². The Bertz CT molecular complexity index is 1250. The Morgan fingerprint density at radius 1 is 1.03 bits per heavy atom. The predicted molar refractivity (Wildman–Crippen MR) is 129 cm³/mol. The van der Waals surface area contributed by atoms with Gasteiger partial charge in [-0.2, -0.15) is 0 Å². The van der Waals surface area contributed by atoms with E-state index in [0.29, 0.717) is 6.42 Å². The summed E-state index contributed by atoms with van der Waals surface area (Å²) in [5.41, 5.74) is 3.70. The summed E-state index contributed by atoms with van der Waals surface area (Å²) >= 11 is 1.55. The van der Waals surface area contributed by atoms with Gasteiger partial charge in [0.2, 0.25) is 0 Å². The lowest BCUT2D eigenvalue weighted by molar-refractivity contribution is 0.0696. The van der Waals surface area contributed by atoms with Gasteiger partial charge in [0, 0.05) is 23.7 Å². The zero-order valence-corrected chi connectivity index (χ0v) is 19.2. The molecule has 1 N–H and O–H groups in total. The van der Waals surface area contributed by atoms with E-state index in [2.05, 4.69) is 18.7 Å². The number of hydrogen-bond donors (Lipinski definition) is 1. The van der Waals surface area contributed by atoms with Crippen molar-refractivity contribution in [3.05, 3.63) is 59.8 Å². The van der Waals surface area contributed by atoms with Crippen LogP contribution in [-0.4, -0.2) is 50.8 Å². The maximum atomic E-state index is 12.7. The Labute approximate surface area is 191 Å². The van der Waals surface area contributed by atoms with Crippen LogP contribution in [0.2, 0.25) is 0 Å². The molecule has 0 atom stereocenters. The second-order valence-electron chi connectivity index (χ2n) is 7.85. The van der Waals surface area contributed by atoms with Gasteiger partial charge >= 0.3 is 5.97 Å². The molecule has 0 saturated carbocycles. The molecule has 32 heavy (non-hydrogen) atoms. The third-order valence-corrected chi connectivity index (χ3v) is 6.88. The highest BCUT2D eigenvalue weighted by molar-refractivity contribution is 7.23. The molecule has 2 aromatic carbocycles. The number of aromatic carboxylic acids is 1. The van der Waals surface area contributed by atoms with Crippen molar-refractivity contribution in [3.63, 3.8) is 0 Å². The lowest BCUT2D eigenvalue weighted by atomic mass is 10.1. The molecule has 2 heterocycles. The molecule has 0 aliphatic rings. The van der Waals surface area contributed by atoms with Crippen molar-refractivity contribution >= 4 is 38.3 Å². The average molecular weight is 450 g/mol. The molecule has 0 aliphatic heterocycles. The molecule has 4 aromatic rings. The SMILES string of the molecule is CCN(CC)CCCCC(=O)c1ccc2c(c1)sc1nc(-c3ccc(C(=O)O)cc3)cn12. The van der Waals surface area contributed by atoms with E-state index < -0.39 is 5.97 Å². The maximum Gasteiger partial charge on any atom is 0.335 e. The first-order valence-electron chi connectivity index (χ1n) is 11.0. The summed E-state index contributed by atoms with van der Waals surface area (Å²) in [5.74, 6) is -0.751. The first-order chi connectivity index (χ1) is 15.5. The number of carboxylic acid groups (broad SMARTS) is 1. The number of benzene rings is 2. The minimum Gasteiger partial charge on any atom is -0.478 e. The zero-order chi connectivity index (χ0) is 22.7. The predicted octanol–water partition coefficient (Wildman–Crippen LogP) is 5.61. The van der Waals surface area contributed by atoms with Gasteiger partial charge in [-0.05, 0) is 62.8 Å². The molecule has 0 spiro atoms. The number of fused-ring (bicyclic) bond motifs is 3. The number of Topliss-reactive ketones (excluding diaryl/α,β-unsaturated/α-hetero) is 1. The Kier molecular flexibility index (Phi) is 6.67. The fourth-order valence-corrected chi connectivity index (χ4v) is 4.95. The number of carboxylic acids is 1. The number of imidazole rings is 1. The van der Waals surface area contributed by atoms with Gasteiger partial charge in [-0.25, -0.2) is 9.78 Å². The smallest absolute Gasteiger partial charge is 0.335 e. The van der Waals surface area contributed by atoms with Crippen LogP contribution in [0.25, 0.3) is 26.4 Å². The maximum absolute atomic E-state index is 12.7. The third-order valence-electron chi connectivity index (χ3n) is 5.87. The van der Waals surface area contributed by atoms with Crippen molar-refractivity contribution in [2.24, 2.45) is 0 Å². The molecule has 6 nitrogen and oxygen atoms in total. The number of carbonyl (C=O) groups excluding carboxylic acids is 1. The van der Waals surface area contributed by atoms with Gasteiger partial charge < -0.3 is 10.0 Å². The summed E-state index contributed by atoms with van der Waals surface area (Å²) in [6.07, 6.45) is 4.48. The summed E-state index contributed by atoms with van der Waals surface area (Å²) in [5, 5.41) is 9.07. The number of carbonyl (C=O) groups is 2. The molecule has 166 valence electrons. The summed E-state index contributed by atoms with van der Waals surface area (Å²) in [6, 6.07) is 12.6. The van der Waals surface area contributed by atoms with Gasteiger partial charge in [-0.1, -0.05) is 37.3 Å². The van der Waals surface area contributed by atoms with E-state index in [-0.39, 0.29) is 11.3 Å². The topological polar surface area (TPSA) is 74.9 Å². The van der Waals surface area contributed by atoms with Crippen molar-refractivity contribution in [1.82, 2.24) is 14.3 Å². The second kappa shape index (κ2) is 9.63. The van der Waals surface area contributed by atoms with Crippen LogP contribution >= 0.6 is 11.3 Å². The van der Waals surface area contributed by atoms with Crippen LogP contribution in [0.3, 0.4) is 0 Å². The molecule has 7 heteroatoms. The second-order valence-corrected chi connectivity index (χ2v) is 8.86. The van der Waals surface area contributed by atoms with Crippen LogP contribution in [0.15, 0.2) is 48.7 Å². The Morgan fingerprint density at radius 2 is 1.75 bits per heavy atom. The summed E-state index contributed by atoms with van der Waals surface area (Å²) < 4.78 is 3.06. The van der Waals surface area contributed by atoms with Crippen LogP contribution in [0.5, 0.6) is 0 Å². The summed E-state index contributed by atoms with van der Waals surface area (Å²) in [6.45, 7) is 7.48. The molecule has 0 saturated heterocycles. The molecular weight excluding hydrogens is 422 g/mol. The zero-order valence-electron chi connectivity index (χ0n) is 18.4.